The first-order valence-corrected chi connectivity index (χ1v) is 6.30. The van der Waals surface area contributed by atoms with Gasteiger partial charge in [-0.2, -0.15) is 0 Å². The van der Waals surface area contributed by atoms with Gasteiger partial charge in [0.15, 0.2) is 0 Å². The molecule has 0 aliphatic heterocycles. The summed E-state index contributed by atoms with van der Waals surface area (Å²) in [5.41, 5.74) is 1.06. The molecule has 4 heteroatoms. The van der Waals surface area contributed by atoms with Crippen LogP contribution in [0.3, 0.4) is 0 Å². The third kappa shape index (κ3) is 5.77. The maximum atomic E-state index is 12.7. The molecular weight excluding hydrogens is 233 g/mol. The lowest BCUT2D eigenvalue weighted by Gasteiger charge is -2.14. The molecule has 18 heavy (non-hydrogen) atoms. The van der Waals surface area contributed by atoms with Gasteiger partial charge in [0.2, 0.25) is 0 Å². The minimum absolute atomic E-state index is 0.185. The lowest BCUT2D eigenvalue weighted by Crippen LogP contribution is -2.19. The molecule has 0 bridgehead atoms. The highest BCUT2D eigenvalue weighted by molar-refractivity contribution is 5.66. The first-order valence-electron chi connectivity index (χ1n) is 6.30. The van der Waals surface area contributed by atoms with Crippen molar-refractivity contribution >= 4 is 5.97 Å². The fourth-order valence-electron chi connectivity index (χ4n) is 1.77. The van der Waals surface area contributed by atoms with Crippen molar-refractivity contribution in [3.8, 4) is 0 Å². The number of unbranched alkanes of at least 4 members (excludes halogenated alkanes) is 2. The summed E-state index contributed by atoms with van der Waals surface area (Å²) < 4.78 is 12.7. The number of nitrogens with one attached hydrogen (secondary N) is 1. The lowest BCUT2D eigenvalue weighted by molar-refractivity contribution is -0.137. The number of carboxylic acid groups (broad SMARTS) is 1. The van der Waals surface area contributed by atoms with Crippen molar-refractivity contribution in [2.75, 3.05) is 6.54 Å². The Balaban J connectivity index is 2.15. The van der Waals surface area contributed by atoms with Crippen LogP contribution in [0.1, 0.15) is 44.2 Å². The highest BCUT2D eigenvalue weighted by Crippen LogP contribution is 2.12. The van der Waals surface area contributed by atoms with Crippen LogP contribution in [0.25, 0.3) is 0 Å². The highest BCUT2D eigenvalue weighted by Gasteiger charge is 2.04. The molecule has 0 spiro atoms. The second-order valence-electron chi connectivity index (χ2n) is 4.43. The summed E-state index contributed by atoms with van der Waals surface area (Å²) in [5, 5.41) is 11.8. The van der Waals surface area contributed by atoms with Crippen LogP contribution in [-0.2, 0) is 4.79 Å². The standard InChI is InChI=1S/C14H20FNO2/c1-11(12-6-8-13(15)9-7-12)16-10-4-2-3-5-14(17)18/h6-9,11,16H,2-5,10H2,1H3,(H,17,18)/t11-/m1/s1. The number of carboxylic acids is 1. The number of benzene rings is 1. The summed E-state index contributed by atoms with van der Waals surface area (Å²) in [7, 11) is 0. The van der Waals surface area contributed by atoms with Gasteiger partial charge in [-0.05, 0) is 44.0 Å². The van der Waals surface area contributed by atoms with E-state index >= 15 is 0 Å². The van der Waals surface area contributed by atoms with E-state index in [0.717, 1.165) is 31.4 Å². The van der Waals surface area contributed by atoms with Crippen LogP contribution in [-0.4, -0.2) is 17.6 Å². The molecule has 0 fully saturated rings. The van der Waals surface area contributed by atoms with Crippen molar-refractivity contribution in [2.24, 2.45) is 0 Å². The molecule has 1 aromatic carbocycles. The smallest absolute Gasteiger partial charge is 0.303 e. The van der Waals surface area contributed by atoms with Gasteiger partial charge < -0.3 is 10.4 Å². The molecule has 0 amide bonds. The summed E-state index contributed by atoms with van der Waals surface area (Å²) in [6.07, 6.45) is 2.84. The van der Waals surface area contributed by atoms with E-state index in [1.54, 1.807) is 12.1 Å². The van der Waals surface area contributed by atoms with Gasteiger partial charge in [0.05, 0.1) is 0 Å². The first-order chi connectivity index (χ1) is 8.59. The van der Waals surface area contributed by atoms with Crippen LogP contribution in [0.5, 0.6) is 0 Å². The molecule has 1 atom stereocenters. The van der Waals surface area contributed by atoms with Crippen LogP contribution < -0.4 is 5.32 Å². The predicted molar refractivity (Wildman–Crippen MR) is 68.9 cm³/mol. The van der Waals surface area contributed by atoms with E-state index in [2.05, 4.69) is 5.32 Å². The monoisotopic (exact) mass is 253 g/mol. The first kappa shape index (κ1) is 14.6. The summed E-state index contributed by atoms with van der Waals surface area (Å²) in [6.45, 7) is 2.88. The summed E-state index contributed by atoms with van der Waals surface area (Å²) in [4.78, 5) is 10.3. The number of halogens is 1. The topological polar surface area (TPSA) is 49.3 Å². The van der Waals surface area contributed by atoms with Crippen molar-refractivity contribution in [2.45, 2.75) is 38.6 Å². The molecule has 0 aliphatic rings. The molecule has 0 aliphatic carbocycles. The van der Waals surface area contributed by atoms with Gasteiger partial charge in [0, 0.05) is 12.5 Å². The zero-order valence-electron chi connectivity index (χ0n) is 10.7. The number of hydrogen-bond acceptors (Lipinski definition) is 2. The van der Waals surface area contributed by atoms with Crippen molar-refractivity contribution in [3.05, 3.63) is 35.6 Å². The Morgan fingerprint density at radius 2 is 1.94 bits per heavy atom. The van der Waals surface area contributed by atoms with Gasteiger partial charge in [0.25, 0.3) is 0 Å². The molecule has 0 saturated heterocycles. The number of rotatable bonds is 8. The molecule has 100 valence electrons. The van der Waals surface area contributed by atoms with Gasteiger partial charge in [-0.3, -0.25) is 4.79 Å². The maximum absolute atomic E-state index is 12.7. The van der Waals surface area contributed by atoms with Crippen LogP contribution in [0.4, 0.5) is 4.39 Å². The molecule has 1 aromatic rings. The molecule has 0 aromatic heterocycles. The van der Waals surface area contributed by atoms with Gasteiger partial charge in [-0.1, -0.05) is 18.6 Å². The molecule has 0 saturated carbocycles. The zero-order valence-corrected chi connectivity index (χ0v) is 10.7. The molecule has 0 heterocycles. The molecule has 2 N–H and O–H groups in total. The van der Waals surface area contributed by atoms with Crippen LogP contribution in [0, 0.1) is 5.82 Å². The fourth-order valence-corrected chi connectivity index (χ4v) is 1.77. The summed E-state index contributed by atoms with van der Waals surface area (Å²) in [5.74, 6) is -0.956. The second kappa shape index (κ2) is 7.82. The van der Waals surface area contributed by atoms with Crippen molar-refractivity contribution < 1.29 is 14.3 Å². The van der Waals surface area contributed by atoms with E-state index in [1.807, 2.05) is 6.92 Å². The predicted octanol–water partition coefficient (Wildman–Crippen LogP) is 3.12. The largest absolute Gasteiger partial charge is 0.481 e. The SMILES string of the molecule is C[C@@H](NCCCCCC(=O)O)c1ccc(F)cc1. The average Bonchev–Trinajstić information content (AvgIpc) is 2.34. The number of hydrogen-bond donors (Lipinski definition) is 2. The Bertz CT molecular complexity index is 365. The third-order valence-electron chi connectivity index (χ3n) is 2.89. The van der Waals surface area contributed by atoms with E-state index < -0.39 is 5.97 Å². The molecule has 0 radical (unpaired) electrons. The Morgan fingerprint density at radius 3 is 2.56 bits per heavy atom. The Kier molecular flexibility index (Phi) is 6.36. The van der Waals surface area contributed by atoms with Gasteiger partial charge in [0.1, 0.15) is 5.82 Å². The average molecular weight is 253 g/mol. The van der Waals surface area contributed by atoms with Gasteiger partial charge >= 0.3 is 5.97 Å². The lowest BCUT2D eigenvalue weighted by atomic mass is 10.1. The van der Waals surface area contributed by atoms with Crippen LogP contribution in [0.15, 0.2) is 24.3 Å². The number of aliphatic carboxylic acids is 1. The molecule has 1 rings (SSSR count). The zero-order chi connectivity index (χ0) is 13.4. The van der Waals surface area contributed by atoms with Crippen molar-refractivity contribution in [1.82, 2.24) is 5.32 Å². The van der Waals surface area contributed by atoms with E-state index in [1.165, 1.54) is 12.1 Å². The summed E-state index contributed by atoms with van der Waals surface area (Å²) >= 11 is 0. The van der Waals surface area contributed by atoms with Gasteiger partial charge in [-0.15, -0.1) is 0 Å². The van der Waals surface area contributed by atoms with Crippen LogP contribution >= 0.6 is 0 Å². The Labute approximate surface area is 107 Å². The number of carbonyl (C=O) groups is 1. The normalized spacial score (nSPS) is 12.3. The molecule has 0 unspecified atom stereocenters. The Hall–Kier alpha value is -1.42. The van der Waals surface area contributed by atoms with Crippen molar-refractivity contribution in [3.63, 3.8) is 0 Å². The minimum Gasteiger partial charge on any atom is -0.481 e. The van der Waals surface area contributed by atoms with E-state index in [0.29, 0.717) is 0 Å². The summed E-state index contributed by atoms with van der Waals surface area (Å²) in [6, 6.07) is 6.65. The second-order valence-corrected chi connectivity index (χ2v) is 4.43. The molecular formula is C14H20FNO2. The fraction of sp³-hybridized carbons (Fsp3) is 0.500. The van der Waals surface area contributed by atoms with Crippen molar-refractivity contribution in [1.29, 1.82) is 0 Å². The van der Waals surface area contributed by atoms with E-state index in [4.69, 9.17) is 5.11 Å². The van der Waals surface area contributed by atoms with Crippen LogP contribution in [0.2, 0.25) is 0 Å². The van der Waals surface area contributed by atoms with Gasteiger partial charge in [-0.25, -0.2) is 4.39 Å². The Morgan fingerprint density at radius 1 is 1.28 bits per heavy atom. The van der Waals surface area contributed by atoms with E-state index in [-0.39, 0.29) is 18.3 Å². The minimum atomic E-state index is -0.734. The third-order valence-corrected chi connectivity index (χ3v) is 2.89. The maximum Gasteiger partial charge on any atom is 0.303 e. The molecule has 3 nitrogen and oxygen atoms in total. The quantitative estimate of drug-likeness (QED) is 0.700. The highest BCUT2D eigenvalue weighted by atomic mass is 19.1. The van der Waals surface area contributed by atoms with E-state index in [9.17, 15) is 9.18 Å².